The maximum absolute atomic E-state index is 12.6. The molecular formula is C22H14Cl3N5O2. The number of amides is 1. The second-order valence-corrected chi connectivity index (χ2v) is 8.26. The lowest BCUT2D eigenvalue weighted by molar-refractivity contribution is 0.102. The lowest BCUT2D eigenvalue weighted by atomic mass is 10.2. The number of halogens is 3. The minimum absolute atomic E-state index is 0.247. The fraction of sp³-hybridized carbons (Fsp3) is 0.0455. The second kappa shape index (κ2) is 8.35. The van der Waals surface area contributed by atoms with Gasteiger partial charge in [-0.15, -0.1) is 0 Å². The normalized spacial score (nSPS) is 11.2. The van der Waals surface area contributed by atoms with Gasteiger partial charge in [0.1, 0.15) is 23.7 Å². The number of nitrogens with one attached hydrogen (secondary N) is 2. The summed E-state index contributed by atoms with van der Waals surface area (Å²) in [5.74, 6) is 0.540. The average Bonchev–Trinajstić information content (AvgIpc) is 3.35. The maximum Gasteiger partial charge on any atom is 0.278 e. The van der Waals surface area contributed by atoms with Crippen LogP contribution in [0.3, 0.4) is 0 Å². The van der Waals surface area contributed by atoms with Crippen molar-refractivity contribution in [1.29, 1.82) is 0 Å². The van der Waals surface area contributed by atoms with Crippen molar-refractivity contribution in [3.63, 3.8) is 0 Å². The van der Waals surface area contributed by atoms with Crippen LogP contribution in [0.5, 0.6) is 5.75 Å². The molecule has 0 spiro atoms. The van der Waals surface area contributed by atoms with Gasteiger partial charge in [0, 0.05) is 34.1 Å². The van der Waals surface area contributed by atoms with Gasteiger partial charge >= 0.3 is 0 Å². The number of ether oxygens (including phenoxy) is 1. The van der Waals surface area contributed by atoms with Crippen molar-refractivity contribution in [1.82, 2.24) is 19.4 Å². The van der Waals surface area contributed by atoms with E-state index in [2.05, 4.69) is 20.3 Å². The summed E-state index contributed by atoms with van der Waals surface area (Å²) in [5, 5.41) is 4.39. The Balaban J connectivity index is 1.31. The van der Waals surface area contributed by atoms with Crippen molar-refractivity contribution in [2.45, 2.75) is 6.61 Å². The molecule has 0 aliphatic carbocycles. The highest BCUT2D eigenvalue weighted by Crippen LogP contribution is 2.25. The van der Waals surface area contributed by atoms with Gasteiger partial charge in [-0.3, -0.25) is 10.1 Å². The first kappa shape index (κ1) is 20.6. The molecule has 0 unspecified atom stereocenters. The molecule has 0 aliphatic heterocycles. The second-order valence-electron chi connectivity index (χ2n) is 6.98. The molecule has 0 fully saturated rings. The van der Waals surface area contributed by atoms with Gasteiger partial charge in [0.25, 0.3) is 5.91 Å². The van der Waals surface area contributed by atoms with Gasteiger partial charge in [0.2, 0.25) is 5.95 Å². The lowest BCUT2D eigenvalue weighted by Gasteiger charge is -2.08. The Bertz CT molecular complexity index is 1480. The van der Waals surface area contributed by atoms with Gasteiger partial charge in [-0.1, -0.05) is 40.9 Å². The third-order valence-corrected chi connectivity index (χ3v) is 5.55. The SMILES string of the molecule is O=C(Nc1nc2ccc(OCc3ccc(Cl)cc3Cl)cc2[nH]1)c1cn2cc(Cl)ccc2n1. The monoisotopic (exact) mass is 485 g/mol. The molecule has 0 radical (unpaired) electrons. The van der Waals surface area contributed by atoms with Crippen LogP contribution in [-0.2, 0) is 6.61 Å². The fourth-order valence-corrected chi connectivity index (χ4v) is 3.81. The van der Waals surface area contributed by atoms with E-state index in [1.807, 2.05) is 6.07 Å². The summed E-state index contributed by atoms with van der Waals surface area (Å²) in [6.07, 6.45) is 3.29. The molecule has 10 heteroatoms. The van der Waals surface area contributed by atoms with E-state index >= 15 is 0 Å². The molecule has 0 aliphatic rings. The van der Waals surface area contributed by atoms with Crippen LogP contribution in [0.1, 0.15) is 16.1 Å². The summed E-state index contributed by atoms with van der Waals surface area (Å²) in [6, 6.07) is 14.1. The molecule has 0 saturated heterocycles. The van der Waals surface area contributed by atoms with Crippen LogP contribution < -0.4 is 10.1 Å². The number of carbonyl (C=O) groups is 1. The summed E-state index contributed by atoms with van der Waals surface area (Å²) in [4.78, 5) is 24.4. The van der Waals surface area contributed by atoms with E-state index in [-0.39, 0.29) is 12.3 Å². The number of rotatable bonds is 5. The van der Waals surface area contributed by atoms with Crippen molar-refractivity contribution in [2.24, 2.45) is 0 Å². The molecule has 0 bridgehead atoms. The van der Waals surface area contributed by atoms with Crippen molar-refractivity contribution < 1.29 is 9.53 Å². The zero-order valence-electron chi connectivity index (χ0n) is 16.3. The summed E-state index contributed by atoms with van der Waals surface area (Å²) < 4.78 is 7.52. The lowest BCUT2D eigenvalue weighted by Crippen LogP contribution is -2.13. The highest BCUT2D eigenvalue weighted by molar-refractivity contribution is 6.35. The van der Waals surface area contributed by atoms with Crippen LogP contribution in [-0.4, -0.2) is 25.3 Å². The molecule has 5 aromatic rings. The zero-order chi connectivity index (χ0) is 22.2. The number of imidazole rings is 2. The molecule has 3 heterocycles. The first-order chi connectivity index (χ1) is 15.4. The van der Waals surface area contributed by atoms with Gasteiger partial charge in [0.15, 0.2) is 0 Å². The Morgan fingerprint density at radius 2 is 1.84 bits per heavy atom. The third-order valence-electron chi connectivity index (χ3n) is 4.74. The number of hydrogen-bond acceptors (Lipinski definition) is 4. The average molecular weight is 487 g/mol. The number of aromatic amines is 1. The van der Waals surface area contributed by atoms with Crippen LogP contribution in [0.4, 0.5) is 5.95 Å². The zero-order valence-corrected chi connectivity index (χ0v) is 18.5. The summed E-state index contributed by atoms with van der Waals surface area (Å²) in [7, 11) is 0. The van der Waals surface area contributed by atoms with E-state index in [1.165, 1.54) is 0 Å². The number of carbonyl (C=O) groups excluding carboxylic acids is 1. The van der Waals surface area contributed by atoms with Gasteiger partial charge in [0.05, 0.1) is 16.1 Å². The molecule has 0 saturated carbocycles. The molecular weight excluding hydrogens is 473 g/mol. The van der Waals surface area contributed by atoms with Crippen molar-refractivity contribution in [3.05, 3.63) is 87.2 Å². The largest absolute Gasteiger partial charge is 0.489 e. The molecule has 0 atom stereocenters. The molecule has 2 N–H and O–H groups in total. The van der Waals surface area contributed by atoms with E-state index < -0.39 is 5.91 Å². The first-order valence-electron chi connectivity index (χ1n) is 9.47. The van der Waals surface area contributed by atoms with Crippen molar-refractivity contribution in [2.75, 3.05) is 5.32 Å². The quantitative estimate of drug-likeness (QED) is 0.319. The van der Waals surface area contributed by atoms with Crippen molar-refractivity contribution in [3.8, 4) is 5.75 Å². The van der Waals surface area contributed by atoms with E-state index in [9.17, 15) is 4.79 Å². The number of nitrogens with zero attached hydrogens (tertiary/aromatic N) is 3. The number of H-pyrrole nitrogens is 1. The van der Waals surface area contributed by atoms with Crippen LogP contribution in [0.2, 0.25) is 15.1 Å². The summed E-state index contributed by atoms with van der Waals surface area (Å²) >= 11 is 18.1. The minimum atomic E-state index is -0.391. The van der Waals surface area contributed by atoms with Crippen LogP contribution in [0.15, 0.2) is 60.9 Å². The maximum atomic E-state index is 12.6. The van der Waals surface area contributed by atoms with Crippen LogP contribution in [0.25, 0.3) is 16.7 Å². The van der Waals surface area contributed by atoms with Gasteiger partial charge in [-0.25, -0.2) is 9.97 Å². The Hall–Kier alpha value is -3.26. The van der Waals surface area contributed by atoms with Crippen LogP contribution in [0, 0.1) is 0 Å². The molecule has 1 amide bonds. The topological polar surface area (TPSA) is 84.3 Å². The Morgan fingerprint density at radius 3 is 2.69 bits per heavy atom. The molecule has 5 rings (SSSR count). The van der Waals surface area contributed by atoms with Gasteiger partial charge < -0.3 is 14.1 Å². The van der Waals surface area contributed by atoms with E-state index in [0.29, 0.717) is 43.4 Å². The smallest absolute Gasteiger partial charge is 0.278 e. The first-order valence-corrected chi connectivity index (χ1v) is 10.6. The highest BCUT2D eigenvalue weighted by atomic mass is 35.5. The molecule has 160 valence electrons. The van der Waals surface area contributed by atoms with Gasteiger partial charge in [-0.05, 0) is 36.4 Å². The minimum Gasteiger partial charge on any atom is -0.489 e. The van der Waals surface area contributed by atoms with Crippen molar-refractivity contribution >= 4 is 63.3 Å². The third kappa shape index (κ3) is 4.23. The molecule has 32 heavy (non-hydrogen) atoms. The Labute approximate surface area is 196 Å². The Morgan fingerprint density at radius 1 is 1.00 bits per heavy atom. The van der Waals surface area contributed by atoms with E-state index in [1.54, 1.807) is 59.3 Å². The Kier molecular flexibility index (Phi) is 5.38. The molecule has 7 nitrogen and oxygen atoms in total. The molecule has 3 aromatic heterocycles. The number of hydrogen-bond donors (Lipinski definition) is 2. The number of anilines is 1. The summed E-state index contributed by atoms with van der Waals surface area (Å²) in [5.41, 5.74) is 3.08. The highest BCUT2D eigenvalue weighted by Gasteiger charge is 2.14. The number of benzene rings is 2. The number of pyridine rings is 1. The van der Waals surface area contributed by atoms with E-state index in [0.717, 1.165) is 5.56 Å². The predicted molar refractivity (Wildman–Crippen MR) is 125 cm³/mol. The van der Waals surface area contributed by atoms with Crippen LogP contribution >= 0.6 is 34.8 Å². The molecule has 2 aromatic carbocycles. The van der Waals surface area contributed by atoms with E-state index in [4.69, 9.17) is 39.5 Å². The van der Waals surface area contributed by atoms with Gasteiger partial charge in [-0.2, -0.15) is 0 Å². The number of fused-ring (bicyclic) bond motifs is 2. The number of aromatic nitrogens is 4. The predicted octanol–water partition coefficient (Wildman–Crippen LogP) is 6.00. The summed E-state index contributed by atoms with van der Waals surface area (Å²) in [6.45, 7) is 0.289. The fourth-order valence-electron chi connectivity index (χ4n) is 3.18. The standard InChI is InChI=1S/C22H14Cl3N5O2/c23-13-2-1-12(16(25)7-13)11-32-15-4-5-17-18(8-15)28-22(27-17)29-21(31)19-10-30-9-14(24)3-6-20(30)26-19/h1-10H,11H2,(H2,27,28,29,31).